The third kappa shape index (κ3) is 2.37. The molecule has 0 unspecified atom stereocenters. The Labute approximate surface area is 151 Å². The van der Waals surface area contributed by atoms with Gasteiger partial charge in [0, 0.05) is 17.3 Å². The number of fused-ring (bicyclic) bond motifs is 3. The molecule has 0 radical (unpaired) electrons. The van der Waals surface area contributed by atoms with Gasteiger partial charge in [0.05, 0.1) is 11.0 Å². The quantitative estimate of drug-likeness (QED) is 0.566. The molecule has 3 heterocycles. The zero-order valence-corrected chi connectivity index (χ0v) is 14.8. The summed E-state index contributed by atoms with van der Waals surface area (Å²) in [5, 5.41) is 4.80. The van der Waals surface area contributed by atoms with Gasteiger partial charge in [0.25, 0.3) is 0 Å². The first kappa shape index (κ1) is 15.4. The van der Waals surface area contributed by atoms with Crippen LogP contribution >= 0.6 is 0 Å². The maximum Gasteiger partial charge on any atom is 0.234 e. The lowest BCUT2D eigenvalue weighted by atomic mass is 10.1. The summed E-state index contributed by atoms with van der Waals surface area (Å²) >= 11 is 0. The van der Waals surface area contributed by atoms with Crippen molar-refractivity contribution in [1.82, 2.24) is 24.1 Å². The first-order valence-electron chi connectivity index (χ1n) is 9.11. The highest BCUT2D eigenvalue weighted by Crippen LogP contribution is 2.31. The molecular weight excluding hydrogens is 324 g/mol. The van der Waals surface area contributed by atoms with Crippen LogP contribution in [0.4, 0.5) is 5.69 Å². The van der Waals surface area contributed by atoms with Gasteiger partial charge in [-0.25, -0.2) is 0 Å². The van der Waals surface area contributed by atoms with Crippen LogP contribution in [-0.2, 0) is 0 Å². The molecule has 2 N–H and O–H groups in total. The van der Waals surface area contributed by atoms with Crippen LogP contribution in [-0.4, -0.2) is 44.2 Å². The molecule has 1 saturated heterocycles. The van der Waals surface area contributed by atoms with Crippen molar-refractivity contribution in [3.05, 3.63) is 48.5 Å². The zero-order valence-electron chi connectivity index (χ0n) is 14.8. The van der Waals surface area contributed by atoms with Crippen molar-refractivity contribution in [2.45, 2.75) is 18.9 Å². The summed E-state index contributed by atoms with van der Waals surface area (Å²) in [6.07, 6.45) is 2.27. The fourth-order valence-electron chi connectivity index (χ4n) is 3.94. The van der Waals surface area contributed by atoms with E-state index in [0.717, 1.165) is 54.3 Å². The number of anilines is 1. The van der Waals surface area contributed by atoms with E-state index in [-0.39, 0.29) is 0 Å². The Balaban J connectivity index is 1.69. The van der Waals surface area contributed by atoms with Gasteiger partial charge < -0.3 is 15.2 Å². The SMILES string of the molecule is CN1CCC(n2c3ccccc3n3nc(-c4ccc(N)cc4)nc23)CC1. The zero-order chi connectivity index (χ0) is 17.7. The van der Waals surface area contributed by atoms with Crippen molar-refractivity contribution in [3.63, 3.8) is 0 Å². The number of para-hydroxylation sites is 2. The van der Waals surface area contributed by atoms with Gasteiger partial charge in [-0.05, 0) is 69.4 Å². The minimum atomic E-state index is 0.456. The van der Waals surface area contributed by atoms with Crippen LogP contribution in [0.3, 0.4) is 0 Å². The lowest BCUT2D eigenvalue weighted by molar-refractivity contribution is 0.226. The number of nitrogens with two attached hydrogens (primary N) is 1. The van der Waals surface area contributed by atoms with Gasteiger partial charge >= 0.3 is 0 Å². The van der Waals surface area contributed by atoms with Gasteiger partial charge in [0.15, 0.2) is 5.82 Å². The van der Waals surface area contributed by atoms with E-state index in [1.807, 2.05) is 28.8 Å². The van der Waals surface area contributed by atoms with Gasteiger partial charge in [0.2, 0.25) is 5.78 Å². The molecule has 132 valence electrons. The van der Waals surface area contributed by atoms with Crippen LogP contribution in [0.5, 0.6) is 0 Å². The summed E-state index contributed by atoms with van der Waals surface area (Å²) in [6.45, 7) is 2.23. The van der Waals surface area contributed by atoms with Crippen LogP contribution < -0.4 is 5.73 Å². The van der Waals surface area contributed by atoms with Crippen LogP contribution in [0.1, 0.15) is 18.9 Å². The average molecular weight is 346 g/mol. The van der Waals surface area contributed by atoms with E-state index in [1.54, 1.807) is 0 Å². The summed E-state index contributed by atoms with van der Waals surface area (Å²) in [7, 11) is 2.19. The van der Waals surface area contributed by atoms with Crippen LogP contribution in [0.15, 0.2) is 48.5 Å². The molecule has 6 nitrogen and oxygen atoms in total. The Morgan fingerprint density at radius 1 is 0.962 bits per heavy atom. The highest BCUT2D eigenvalue weighted by Gasteiger charge is 2.24. The second-order valence-electron chi connectivity index (χ2n) is 7.16. The molecule has 0 aliphatic carbocycles. The van der Waals surface area contributed by atoms with Gasteiger partial charge in [-0.15, -0.1) is 5.10 Å². The monoisotopic (exact) mass is 346 g/mol. The number of benzene rings is 2. The molecule has 4 aromatic rings. The average Bonchev–Trinajstić information content (AvgIpc) is 3.21. The van der Waals surface area contributed by atoms with Gasteiger partial charge in [-0.2, -0.15) is 9.50 Å². The molecule has 0 spiro atoms. The van der Waals surface area contributed by atoms with Crippen molar-refractivity contribution in [1.29, 1.82) is 0 Å². The molecule has 1 aliphatic rings. The predicted molar refractivity (Wildman–Crippen MR) is 104 cm³/mol. The van der Waals surface area contributed by atoms with Crippen molar-refractivity contribution < 1.29 is 0 Å². The second-order valence-corrected chi connectivity index (χ2v) is 7.16. The molecule has 26 heavy (non-hydrogen) atoms. The Morgan fingerprint density at radius 2 is 1.65 bits per heavy atom. The van der Waals surface area contributed by atoms with E-state index in [4.69, 9.17) is 15.8 Å². The number of piperidine rings is 1. The number of hydrogen-bond acceptors (Lipinski definition) is 4. The second kappa shape index (κ2) is 5.85. The lowest BCUT2D eigenvalue weighted by Gasteiger charge is -2.30. The fourth-order valence-corrected chi connectivity index (χ4v) is 3.94. The van der Waals surface area contributed by atoms with Crippen molar-refractivity contribution in [2.75, 3.05) is 25.9 Å². The molecule has 6 heteroatoms. The molecule has 5 rings (SSSR count). The number of imidazole rings is 1. The predicted octanol–water partition coefficient (Wildman–Crippen LogP) is 3.20. The Hall–Kier alpha value is -2.86. The van der Waals surface area contributed by atoms with Crippen LogP contribution in [0.25, 0.3) is 28.2 Å². The molecule has 0 bridgehead atoms. The Bertz CT molecular complexity index is 1070. The summed E-state index contributed by atoms with van der Waals surface area (Å²) in [6, 6.07) is 16.6. The minimum absolute atomic E-state index is 0.456. The van der Waals surface area contributed by atoms with Gasteiger partial charge in [0.1, 0.15) is 0 Å². The van der Waals surface area contributed by atoms with E-state index >= 15 is 0 Å². The van der Waals surface area contributed by atoms with E-state index in [0.29, 0.717) is 6.04 Å². The molecule has 0 atom stereocenters. The van der Waals surface area contributed by atoms with Crippen molar-refractivity contribution in [3.8, 4) is 11.4 Å². The smallest absolute Gasteiger partial charge is 0.234 e. The number of aromatic nitrogens is 4. The normalized spacial score (nSPS) is 16.7. The summed E-state index contributed by atoms with van der Waals surface area (Å²) in [5.74, 6) is 1.67. The largest absolute Gasteiger partial charge is 0.399 e. The Morgan fingerprint density at radius 3 is 2.38 bits per heavy atom. The highest BCUT2D eigenvalue weighted by molar-refractivity contribution is 5.81. The maximum atomic E-state index is 5.81. The van der Waals surface area contributed by atoms with E-state index in [1.165, 1.54) is 5.52 Å². The van der Waals surface area contributed by atoms with E-state index in [2.05, 4.69) is 40.8 Å². The van der Waals surface area contributed by atoms with E-state index in [9.17, 15) is 0 Å². The third-order valence-electron chi connectivity index (χ3n) is 5.40. The molecule has 0 saturated carbocycles. The summed E-state index contributed by atoms with van der Waals surface area (Å²) < 4.78 is 4.37. The highest BCUT2D eigenvalue weighted by atomic mass is 15.4. The maximum absolute atomic E-state index is 5.81. The van der Waals surface area contributed by atoms with Crippen LogP contribution in [0.2, 0.25) is 0 Å². The first-order valence-corrected chi connectivity index (χ1v) is 9.11. The topological polar surface area (TPSA) is 64.4 Å². The molecule has 2 aromatic carbocycles. The number of hydrogen-bond donors (Lipinski definition) is 1. The molecule has 2 aromatic heterocycles. The van der Waals surface area contributed by atoms with Crippen molar-refractivity contribution >= 4 is 22.5 Å². The number of nitrogens with zero attached hydrogens (tertiary/aromatic N) is 5. The minimum Gasteiger partial charge on any atom is -0.399 e. The molecule has 0 amide bonds. The molecule has 1 fully saturated rings. The standard InChI is InChI=1S/C20H22N6/c1-24-12-10-16(11-13-24)25-17-4-2-3-5-18(17)26-20(25)22-19(23-26)14-6-8-15(21)9-7-14/h2-9,16H,10-13,21H2,1H3. The number of nitrogen functional groups attached to an aromatic ring is 1. The number of likely N-dealkylation sites (tertiary alicyclic amines) is 1. The fraction of sp³-hybridized carbons (Fsp3) is 0.300. The Kier molecular flexibility index (Phi) is 3.46. The summed E-state index contributed by atoms with van der Waals surface area (Å²) in [5.41, 5.74) is 9.87. The first-order chi connectivity index (χ1) is 12.7. The van der Waals surface area contributed by atoms with E-state index < -0.39 is 0 Å². The third-order valence-corrected chi connectivity index (χ3v) is 5.40. The summed E-state index contributed by atoms with van der Waals surface area (Å²) in [4.78, 5) is 7.30. The molecule has 1 aliphatic heterocycles. The van der Waals surface area contributed by atoms with Gasteiger partial charge in [-0.3, -0.25) is 0 Å². The van der Waals surface area contributed by atoms with Gasteiger partial charge in [-0.1, -0.05) is 12.1 Å². The molecular formula is C20H22N6. The lowest BCUT2D eigenvalue weighted by Crippen LogP contribution is -2.31. The van der Waals surface area contributed by atoms with Crippen molar-refractivity contribution in [2.24, 2.45) is 0 Å². The van der Waals surface area contributed by atoms with Crippen LogP contribution in [0, 0.1) is 0 Å². The number of rotatable bonds is 2.